The summed E-state index contributed by atoms with van der Waals surface area (Å²) in [5.74, 6) is 0. The van der Waals surface area contributed by atoms with Gasteiger partial charge >= 0.3 is 0 Å². The lowest BCUT2D eigenvalue weighted by Crippen LogP contribution is -2.26. The summed E-state index contributed by atoms with van der Waals surface area (Å²) in [6.45, 7) is 3.52. The molecule has 0 spiro atoms. The maximum absolute atomic E-state index is 12.4. The number of halogens is 1. The van der Waals surface area contributed by atoms with Crippen molar-refractivity contribution in [1.82, 2.24) is 9.97 Å². The van der Waals surface area contributed by atoms with Gasteiger partial charge in [0.15, 0.2) is 5.13 Å². The fourth-order valence-electron chi connectivity index (χ4n) is 1.42. The molecule has 0 N–H and O–H groups in total. The highest BCUT2D eigenvalue weighted by molar-refractivity contribution is 7.93. The van der Waals surface area contributed by atoms with Gasteiger partial charge in [-0.2, -0.15) is 0 Å². The van der Waals surface area contributed by atoms with Gasteiger partial charge in [-0.15, -0.1) is 11.3 Å². The smallest absolute Gasteiger partial charge is 0.244 e. The lowest BCUT2D eigenvalue weighted by molar-refractivity contribution is 0.593. The van der Waals surface area contributed by atoms with Gasteiger partial charge < -0.3 is 0 Å². The molecular weight excluding hydrogens is 306 g/mol. The van der Waals surface area contributed by atoms with E-state index < -0.39 is 10.0 Å². The number of nitrogens with zero attached hydrogens (tertiary/aromatic N) is 3. The standard InChI is InChI=1S/C11H12ClN3O2S2/c1-7-4-9(5-13-10(7)12)19(16,17)15(3)11-14-8(2)6-18-11/h4-6H,1-3H3. The normalized spacial score (nSPS) is 11.6. The van der Waals surface area contributed by atoms with Crippen molar-refractivity contribution in [3.63, 3.8) is 0 Å². The first-order valence-corrected chi connectivity index (χ1v) is 8.05. The summed E-state index contributed by atoms with van der Waals surface area (Å²) in [5.41, 5.74) is 1.40. The molecule has 8 heteroatoms. The number of rotatable bonds is 3. The summed E-state index contributed by atoms with van der Waals surface area (Å²) in [7, 11) is -2.19. The maximum atomic E-state index is 12.4. The fourth-order valence-corrected chi connectivity index (χ4v) is 3.70. The lowest BCUT2D eigenvalue weighted by Gasteiger charge is -2.16. The maximum Gasteiger partial charge on any atom is 0.267 e. The van der Waals surface area contributed by atoms with Crippen LogP contribution < -0.4 is 4.31 Å². The first-order valence-electron chi connectivity index (χ1n) is 5.35. The highest BCUT2D eigenvalue weighted by Gasteiger charge is 2.24. The van der Waals surface area contributed by atoms with Crippen molar-refractivity contribution >= 4 is 38.1 Å². The van der Waals surface area contributed by atoms with Gasteiger partial charge in [0.1, 0.15) is 10.0 Å². The van der Waals surface area contributed by atoms with E-state index in [2.05, 4.69) is 9.97 Å². The average molecular weight is 318 g/mol. The Morgan fingerprint density at radius 2 is 2.05 bits per heavy atom. The van der Waals surface area contributed by atoms with Gasteiger partial charge in [-0.1, -0.05) is 11.6 Å². The van der Waals surface area contributed by atoms with Crippen LogP contribution >= 0.6 is 22.9 Å². The van der Waals surface area contributed by atoms with E-state index in [1.54, 1.807) is 12.3 Å². The Bertz CT molecular complexity index is 712. The molecule has 0 unspecified atom stereocenters. The van der Waals surface area contributed by atoms with Crippen molar-refractivity contribution in [3.8, 4) is 0 Å². The molecular formula is C11H12ClN3O2S2. The van der Waals surface area contributed by atoms with Crippen molar-refractivity contribution in [2.75, 3.05) is 11.4 Å². The third kappa shape index (κ3) is 2.72. The van der Waals surface area contributed by atoms with Crippen LogP contribution in [0.2, 0.25) is 5.15 Å². The Balaban J connectivity index is 2.44. The zero-order valence-electron chi connectivity index (χ0n) is 10.6. The number of anilines is 1. The lowest BCUT2D eigenvalue weighted by atomic mass is 10.3. The van der Waals surface area contributed by atoms with Crippen LogP contribution in [0, 0.1) is 13.8 Å². The minimum absolute atomic E-state index is 0.102. The van der Waals surface area contributed by atoms with Crippen molar-refractivity contribution in [3.05, 3.63) is 34.1 Å². The molecule has 0 bridgehead atoms. The van der Waals surface area contributed by atoms with Crippen molar-refractivity contribution in [1.29, 1.82) is 0 Å². The van der Waals surface area contributed by atoms with Gasteiger partial charge in [-0.25, -0.2) is 22.7 Å². The molecule has 2 rings (SSSR count). The minimum Gasteiger partial charge on any atom is -0.244 e. The Hall–Kier alpha value is -1.18. The van der Waals surface area contributed by atoms with Gasteiger partial charge in [0, 0.05) is 18.6 Å². The molecule has 0 aromatic carbocycles. The van der Waals surface area contributed by atoms with Gasteiger partial charge in [0.25, 0.3) is 10.0 Å². The van der Waals surface area contributed by atoms with E-state index in [0.29, 0.717) is 15.8 Å². The third-order valence-electron chi connectivity index (χ3n) is 2.52. The second-order valence-corrected chi connectivity index (χ2v) is 7.19. The highest BCUT2D eigenvalue weighted by Crippen LogP contribution is 2.26. The second-order valence-electron chi connectivity index (χ2n) is 4.02. The Kier molecular flexibility index (Phi) is 3.80. The molecule has 0 amide bonds. The van der Waals surface area contributed by atoms with Gasteiger partial charge in [0.2, 0.25) is 0 Å². The van der Waals surface area contributed by atoms with Gasteiger partial charge in [-0.05, 0) is 25.5 Å². The number of hydrogen-bond acceptors (Lipinski definition) is 5. The number of aryl methyl sites for hydroxylation is 2. The van der Waals surface area contributed by atoms with E-state index in [1.165, 1.54) is 30.6 Å². The summed E-state index contributed by atoms with van der Waals surface area (Å²) in [4.78, 5) is 8.13. The third-order valence-corrected chi connectivity index (χ3v) is 5.78. The Labute approximate surface area is 120 Å². The van der Waals surface area contributed by atoms with Crippen LogP contribution in [0.25, 0.3) is 0 Å². The van der Waals surface area contributed by atoms with Crippen LogP contribution in [-0.4, -0.2) is 25.4 Å². The molecule has 0 fully saturated rings. The van der Waals surface area contributed by atoms with E-state index in [1.807, 2.05) is 6.92 Å². The topological polar surface area (TPSA) is 63.2 Å². The number of sulfonamides is 1. The first kappa shape index (κ1) is 14.2. The fraction of sp³-hybridized carbons (Fsp3) is 0.273. The summed E-state index contributed by atoms with van der Waals surface area (Å²) >= 11 is 7.08. The highest BCUT2D eigenvalue weighted by atomic mass is 35.5. The van der Waals surface area contributed by atoms with Crippen molar-refractivity contribution in [2.24, 2.45) is 0 Å². The molecule has 0 radical (unpaired) electrons. The zero-order chi connectivity index (χ0) is 14.2. The largest absolute Gasteiger partial charge is 0.267 e. The summed E-state index contributed by atoms with van der Waals surface area (Å²) < 4.78 is 26.0. The average Bonchev–Trinajstić information content (AvgIpc) is 2.78. The minimum atomic E-state index is -3.66. The van der Waals surface area contributed by atoms with E-state index in [-0.39, 0.29) is 4.90 Å². The summed E-state index contributed by atoms with van der Waals surface area (Å²) in [6, 6.07) is 1.50. The quantitative estimate of drug-likeness (QED) is 0.816. The Morgan fingerprint density at radius 1 is 1.37 bits per heavy atom. The summed E-state index contributed by atoms with van der Waals surface area (Å²) in [5, 5.41) is 2.52. The predicted octanol–water partition coefficient (Wildman–Crippen LogP) is 2.63. The number of pyridine rings is 1. The van der Waals surface area contributed by atoms with Crippen LogP contribution in [0.3, 0.4) is 0 Å². The molecule has 0 saturated heterocycles. The van der Waals surface area contributed by atoms with Crippen LogP contribution in [-0.2, 0) is 10.0 Å². The first-order chi connectivity index (χ1) is 8.82. The number of hydrogen-bond donors (Lipinski definition) is 0. The van der Waals surface area contributed by atoms with Crippen LogP contribution in [0.15, 0.2) is 22.5 Å². The van der Waals surface area contributed by atoms with E-state index in [9.17, 15) is 8.42 Å². The van der Waals surface area contributed by atoms with Crippen molar-refractivity contribution in [2.45, 2.75) is 18.7 Å². The Morgan fingerprint density at radius 3 is 2.58 bits per heavy atom. The molecule has 0 aliphatic heterocycles. The van der Waals surface area contributed by atoms with Crippen LogP contribution in [0.1, 0.15) is 11.3 Å². The monoisotopic (exact) mass is 317 g/mol. The molecule has 2 aromatic rings. The SMILES string of the molecule is Cc1csc(N(C)S(=O)(=O)c2cnc(Cl)c(C)c2)n1. The molecule has 19 heavy (non-hydrogen) atoms. The van der Waals surface area contributed by atoms with E-state index >= 15 is 0 Å². The molecule has 0 saturated carbocycles. The molecule has 0 aliphatic rings. The zero-order valence-corrected chi connectivity index (χ0v) is 13.0. The summed E-state index contributed by atoms with van der Waals surface area (Å²) in [6.07, 6.45) is 1.25. The second kappa shape index (κ2) is 5.07. The van der Waals surface area contributed by atoms with Gasteiger partial charge in [-0.3, -0.25) is 0 Å². The molecule has 2 aromatic heterocycles. The van der Waals surface area contributed by atoms with Crippen LogP contribution in [0.4, 0.5) is 5.13 Å². The van der Waals surface area contributed by atoms with Crippen molar-refractivity contribution < 1.29 is 8.42 Å². The molecule has 0 atom stereocenters. The number of thiazole rings is 1. The van der Waals surface area contributed by atoms with Crippen LogP contribution in [0.5, 0.6) is 0 Å². The van der Waals surface area contributed by atoms with Gasteiger partial charge in [0.05, 0.1) is 5.69 Å². The number of aromatic nitrogens is 2. The molecule has 2 heterocycles. The van der Waals surface area contributed by atoms with E-state index in [4.69, 9.17) is 11.6 Å². The molecule has 0 aliphatic carbocycles. The molecule has 5 nitrogen and oxygen atoms in total. The molecule has 102 valence electrons. The predicted molar refractivity (Wildman–Crippen MR) is 76.4 cm³/mol. The van der Waals surface area contributed by atoms with E-state index in [0.717, 1.165) is 10.00 Å².